The molecule has 0 aromatic heterocycles. The van der Waals surface area contributed by atoms with E-state index >= 15 is 0 Å². The van der Waals surface area contributed by atoms with E-state index in [9.17, 15) is 24.3 Å². The van der Waals surface area contributed by atoms with Crippen LogP contribution < -0.4 is 15.1 Å². The van der Waals surface area contributed by atoms with Crippen molar-refractivity contribution in [3.8, 4) is 0 Å². The third-order valence-corrected chi connectivity index (χ3v) is 11.1. The summed E-state index contributed by atoms with van der Waals surface area (Å²) >= 11 is 3.72. The summed E-state index contributed by atoms with van der Waals surface area (Å²) in [6, 6.07) is 15.8. The highest BCUT2D eigenvalue weighted by atomic mass is 79.9. The Morgan fingerprint density at radius 3 is 2.41 bits per heavy atom. The van der Waals surface area contributed by atoms with Crippen molar-refractivity contribution in [2.75, 3.05) is 49.1 Å². The third kappa shape index (κ3) is 7.64. The molecule has 12 heteroatoms. The molecule has 11 nitrogen and oxygen atoms in total. The van der Waals surface area contributed by atoms with E-state index in [1.807, 2.05) is 54.6 Å². The van der Waals surface area contributed by atoms with Gasteiger partial charge in [-0.3, -0.25) is 19.2 Å². The van der Waals surface area contributed by atoms with Gasteiger partial charge in [-0.2, -0.15) is 0 Å². The lowest BCUT2D eigenvalue weighted by Crippen LogP contribution is -2.57. The van der Waals surface area contributed by atoms with E-state index in [-0.39, 0.29) is 61.6 Å². The molecule has 3 saturated heterocycles. The molecule has 0 saturated carbocycles. The van der Waals surface area contributed by atoms with Gasteiger partial charge in [-0.1, -0.05) is 58.4 Å². The van der Waals surface area contributed by atoms with Crippen molar-refractivity contribution in [3.05, 3.63) is 85.5 Å². The Morgan fingerprint density at radius 2 is 1.78 bits per heavy atom. The molecule has 3 heterocycles. The number of halogens is 1. The van der Waals surface area contributed by atoms with Crippen molar-refractivity contribution < 1.29 is 33.8 Å². The van der Waals surface area contributed by atoms with Crippen molar-refractivity contribution in [2.24, 2.45) is 11.8 Å². The van der Waals surface area contributed by atoms with E-state index in [0.717, 1.165) is 18.8 Å². The van der Waals surface area contributed by atoms with E-state index in [1.165, 1.54) is 4.90 Å². The normalized spacial score (nSPS) is 25.2. The summed E-state index contributed by atoms with van der Waals surface area (Å²) in [4.78, 5) is 61.0. The number of benzene rings is 2. The Balaban J connectivity index is 1.47. The van der Waals surface area contributed by atoms with Gasteiger partial charge in [0.25, 0.3) is 5.91 Å². The zero-order chi connectivity index (χ0) is 36.7. The number of aliphatic hydroxyl groups excluding tert-OH is 1. The quantitative estimate of drug-likeness (QED) is 0.129. The molecule has 2 N–H and O–H groups in total. The number of fused-ring (bicyclic) bond motifs is 1. The number of ether oxygens (including phenoxy) is 2. The fraction of sp³-hybridized carbons (Fsp3) is 0.487. The molecular weight excluding hydrogens is 716 g/mol. The SMILES string of the molecule is C=CCCC(=O)NC[C@@H](OC(=O)[C@H]1[C@@H]2O[C@@]3(CC2Br)[C@@H]1C(=O)N(CCCO)[C@@H]3C(=O)N(CC=C)c1ccc(N(CC)CC)cc1)c1ccccc1. The highest BCUT2D eigenvalue weighted by molar-refractivity contribution is 9.09. The summed E-state index contributed by atoms with van der Waals surface area (Å²) < 4.78 is 12.8. The summed E-state index contributed by atoms with van der Waals surface area (Å²) in [5.41, 5.74) is 1.05. The molecular formula is C39H49BrN4O7. The Hall–Kier alpha value is -4.00. The van der Waals surface area contributed by atoms with Gasteiger partial charge in [0.15, 0.2) is 0 Å². The highest BCUT2D eigenvalue weighted by Crippen LogP contribution is 2.60. The molecule has 3 aliphatic rings. The van der Waals surface area contributed by atoms with Crippen LogP contribution >= 0.6 is 15.9 Å². The smallest absolute Gasteiger partial charge is 0.313 e. The van der Waals surface area contributed by atoms with Crippen molar-refractivity contribution in [1.82, 2.24) is 10.2 Å². The standard InChI is InChI=1S/C39H49BrN4O7/c1-5-9-16-31(46)41-25-30(26-14-11-10-12-15-26)50-38(49)32-33-36(47)44(22-13-23-45)35(39(33)24-29(40)34(32)51-39)37(48)43(21-6-2)28-19-17-27(18-20-28)42(7-3)8-4/h5-6,10-12,14-15,17-20,29-30,32-35,45H,1-2,7-9,13,16,21-25H2,3-4H3,(H,41,46)/t29?,30-,32-,33+,34-,35-,39+/m1/s1. The number of rotatable bonds is 18. The molecule has 3 amide bonds. The number of esters is 1. The van der Waals surface area contributed by atoms with Crippen molar-refractivity contribution in [2.45, 2.75) is 68.2 Å². The number of hydrogen-bond acceptors (Lipinski definition) is 8. The third-order valence-electron chi connectivity index (χ3n) is 10.2. The maximum Gasteiger partial charge on any atom is 0.313 e. The number of hydrogen-bond donors (Lipinski definition) is 2. The van der Waals surface area contributed by atoms with Crippen LogP contribution in [0.5, 0.6) is 0 Å². The first-order valence-corrected chi connectivity index (χ1v) is 18.7. The molecule has 3 fully saturated rings. The lowest BCUT2D eigenvalue weighted by molar-refractivity contribution is -0.160. The Kier molecular flexibility index (Phi) is 12.8. The van der Waals surface area contributed by atoms with Gasteiger partial charge >= 0.3 is 5.97 Å². The molecule has 2 aromatic carbocycles. The van der Waals surface area contributed by atoms with Crippen LogP contribution in [0.15, 0.2) is 79.9 Å². The van der Waals surface area contributed by atoms with Gasteiger partial charge in [0, 0.05) is 55.4 Å². The predicted octanol–water partition coefficient (Wildman–Crippen LogP) is 4.55. The lowest BCUT2D eigenvalue weighted by Gasteiger charge is -2.37. The van der Waals surface area contributed by atoms with Crippen LogP contribution in [0.2, 0.25) is 0 Å². The maximum absolute atomic E-state index is 14.8. The number of anilines is 2. The van der Waals surface area contributed by atoms with Gasteiger partial charge in [-0.25, -0.2) is 0 Å². The summed E-state index contributed by atoms with van der Waals surface area (Å²) in [7, 11) is 0. The van der Waals surface area contributed by atoms with Crippen LogP contribution in [0.3, 0.4) is 0 Å². The van der Waals surface area contributed by atoms with Crippen LogP contribution in [-0.2, 0) is 28.7 Å². The second-order valence-corrected chi connectivity index (χ2v) is 14.3. The fourth-order valence-electron chi connectivity index (χ4n) is 7.83. The Morgan fingerprint density at radius 1 is 1.10 bits per heavy atom. The minimum atomic E-state index is -1.31. The van der Waals surface area contributed by atoms with E-state index in [2.05, 4.69) is 53.2 Å². The van der Waals surface area contributed by atoms with Gasteiger partial charge in [-0.15, -0.1) is 13.2 Å². The molecule has 7 atom stereocenters. The Bertz CT molecular complexity index is 1570. The monoisotopic (exact) mass is 764 g/mol. The van der Waals surface area contributed by atoms with Gasteiger partial charge in [0.2, 0.25) is 11.8 Å². The van der Waals surface area contributed by atoms with E-state index in [0.29, 0.717) is 24.1 Å². The van der Waals surface area contributed by atoms with Crippen LogP contribution in [0.1, 0.15) is 51.2 Å². The predicted molar refractivity (Wildman–Crippen MR) is 199 cm³/mol. The summed E-state index contributed by atoms with van der Waals surface area (Å²) in [5.74, 6) is -3.55. The summed E-state index contributed by atoms with van der Waals surface area (Å²) in [6.07, 6.45) is 3.10. The minimum absolute atomic E-state index is 0.0405. The molecule has 0 aliphatic carbocycles. The first-order chi connectivity index (χ1) is 24.6. The second-order valence-electron chi connectivity index (χ2n) is 13.2. The number of aliphatic hydroxyl groups is 1. The average molecular weight is 766 g/mol. The molecule has 2 bridgehead atoms. The van der Waals surface area contributed by atoms with Gasteiger partial charge < -0.3 is 34.6 Å². The zero-order valence-electron chi connectivity index (χ0n) is 29.4. The molecule has 5 rings (SSSR count). The number of likely N-dealkylation sites (tertiary alicyclic amines) is 1. The first-order valence-electron chi connectivity index (χ1n) is 17.8. The topological polar surface area (TPSA) is 129 Å². The van der Waals surface area contributed by atoms with E-state index in [4.69, 9.17) is 9.47 Å². The van der Waals surface area contributed by atoms with Crippen LogP contribution in [-0.4, -0.2) is 95.6 Å². The molecule has 51 heavy (non-hydrogen) atoms. The average Bonchev–Trinajstić information content (AvgIpc) is 3.74. The van der Waals surface area contributed by atoms with Crippen LogP contribution in [0.25, 0.3) is 0 Å². The fourth-order valence-corrected chi connectivity index (χ4v) is 8.78. The number of amides is 3. The number of carbonyl (C=O) groups excluding carboxylic acids is 4. The van der Waals surface area contributed by atoms with Crippen LogP contribution in [0, 0.1) is 11.8 Å². The van der Waals surface area contributed by atoms with Crippen LogP contribution in [0.4, 0.5) is 11.4 Å². The molecule has 274 valence electrons. The lowest BCUT2D eigenvalue weighted by atomic mass is 9.70. The number of carbonyl (C=O) groups is 4. The molecule has 1 unspecified atom stereocenters. The largest absolute Gasteiger partial charge is 0.455 e. The summed E-state index contributed by atoms with van der Waals surface area (Å²) in [5, 5.41) is 12.6. The maximum atomic E-state index is 14.8. The Labute approximate surface area is 308 Å². The minimum Gasteiger partial charge on any atom is -0.455 e. The first kappa shape index (κ1) is 38.2. The van der Waals surface area contributed by atoms with Gasteiger partial charge in [0.05, 0.1) is 24.5 Å². The molecule has 0 radical (unpaired) electrons. The van der Waals surface area contributed by atoms with Crippen molar-refractivity contribution in [3.63, 3.8) is 0 Å². The second kappa shape index (κ2) is 17.0. The number of allylic oxidation sites excluding steroid dienone is 1. The molecule has 2 aromatic rings. The zero-order valence-corrected chi connectivity index (χ0v) is 31.0. The molecule has 1 spiro atoms. The number of nitrogens with zero attached hydrogens (tertiary/aromatic N) is 3. The highest BCUT2D eigenvalue weighted by Gasteiger charge is 2.77. The van der Waals surface area contributed by atoms with Crippen molar-refractivity contribution in [1.29, 1.82) is 0 Å². The number of nitrogens with one attached hydrogen (secondary N) is 1. The number of alkyl halides is 1. The van der Waals surface area contributed by atoms with Gasteiger partial charge in [0.1, 0.15) is 17.7 Å². The molecule has 3 aliphatic heterocycles. The van der Waals surface area contributed by atoms with E-state index in [1.54, 1.807) is 17.1 Å². The van der Waals surface area contributed by atoms with Gasteiger partial charge in [-0.05, 0) is 62.9 Å². The van der Waals surface area contributed by atoms with E-state index < -0.39 is 41.7 Å². The van der Waals surface area contributed by atoms with Crippen molar-refractivity contribution >= 4 is 51.0 Å². The summed E-state index contributed by atoms with van der Waals surface area (Å²) in [6.45, 7) is 13.6.